The molecule has 6 heteroatoms. The van der Waals surface area contributed by atoms with Gasteiger partial charge in [0.25, 0.3) is 11.8 Å². The number of aromatic nitrogens is 1. The van der Waals surface area contributed by atoms with E-state index in [9.17, 15) is 14.7 Å². The van der Waals surface area contributed by atoms with Crippen LogP contribution in [0.25, 0.3) is 10.9 Å². The summed E-state index contributed by atoms with van der Waals surface area (Å²) in [6.45, 7) is 5.09. The van der Waals surface area contributed by atoms with E-state index in [2.05, 4.69) is 4.98 Å². The fourth-order valence-electron chi connectivity index (χ4n) is 3.86. The number of H-pyrrole nitrogens is 1. The number of aromatic amines is 1. The van der Waals surface area contributed by atoms with Crippen molar-refractivity contribution in [2.45, 2.75) is 38.7 Å². The van der Waals surface area contributed by atoms with Gasteiger partial charge in [0, 0.05) is 43.7 Å². The Labute approximate surface area is 160 Å². The van der Waals surface area contributed by atoms with E-state index in [4.69, 9.17) is 0 Å². The summed E-state index contributed by atoms with van der Waals surface area (Å²) in [6, 6.07) is 7.27. The van der Waals surface area contributed by atoms with Crippen LogP contribution in [0, 0.1) is 5.92 Å². The number of hydrogen-bond donors (Lipinski definition) is 2. The third kappa shape index (κ3) is 4.50. The zero-order chi connectivity index (χ0) is 19.8. The summed E-state index contributed by atoms with van der Waals surface area (Å²) in [5, 5.41) is 10.9. The number of amides is 2. The number of rotatable bonds is 4. The molecule has 0 radical (unpaired) electrons. The maximum absolute atomic E-state index is 12.9. The van der Waals surface area contributed by atoms with Crippen LogP contribution in [-0.2, 0) is 0 Å². The number of carbonyl (C=O) groups excluding carboxylic acids is 2. The molecule has 1 aromatic carbocycles. The number of nitrogens with zero attached hydrogens (tertiary/aromatic N) is 2. The largest absolute Gasteiger partial charge is 0.390 e. The second kappa shape index (κ2) is 7.35. The van der Waals surface area contributed by atoms with Crippen LogP contribution in [0.15, 0.2) is 24.3 Å². The molecule has 1 aliphatic heterocycles. The van der Waals surface area contributed by atoms with Gasteiger partial charge in [0.2, 0.25) is 0 Å². The number of carbonyl (C=O) groups is 2. The number of hydrogen-bond acceptors (Lipinski definition) is 3. The van der Waals surface area contributed by atoms with Crippen LogP contribution in [0.3, 0.4) is 0 Å². The lowest BCUT2D eigenvalue weighted by molar-refractivity contribution is 0.0357. The lowest BCUT2D eigenvalue weighted by atomic mass is 9.86. The minimum atomic E-state index is -0.657. The molecule has 0 spiro atoms. The van der Waals surface area contributed by atoms with Crippen LogP contribution < -0.4 is 0 Å². The van der Waals surface area contributed by atoms with Crippen molar-refractivity contribution in [1.82, 2.24) is 14.8 Å². The van der Waals surface area contributed by atoms with Gasteiger partial charge in [0.1, 0.15) is 5.69 Å². The highest BCUT2D eigenvalue weighted by molar-refractivity contribution is 6.01. The van der Waals surface area contributed by atoms with Crippen LogP contribution >= 0.6 is 0 Å². The first kappa shape index (κ1) is 19.4. The van der Waals surface area contributed by atoms with Crippen molar-refractivity contribution in [2.24, 2.45) is 5.92 Å². The molecule has 6 nitrogen and oxygen atoms in total. The van der Waals surface area contributed by atoms with Crippen molar-refractivity contribution in [2.75, 3.05) is 27.2 Å². The van der Waals surface area contributed by atoms with Crippen molar-refractivity contribution in [3.05, 3.63) is 35.5 Å². The van der Waals surface area contributed by atoms with E-state index in [0.29, 0.717) is 30.3 Å². The Hall–Kier alpha value is -2.34. The zero-order valence-electron chi connectivity index (χ0n) is 16.6. The summed E-state index contributed by atoms with van der Waals surface area (Å²) in [4.78, 5) is 31.6. The molecule has 0 aliphatic carbocycles. The smallest absolute Gasteiger partial charge is 0.270 e. The van der Waals surface area contributed by atoms with E-state index < -0.39 is 5.60 Å². The third-order valence-corrected chi connectivity index (χ3v) is 5.19. The van der Waals surface area contributed by atoms with Crippen LogP contribution in [0.5, 0.6) is 0 Å². The Kier molecular flexibility index (Phi) is 5.29. The molecule has 27 heavy (non-hydrogen) atoms. The van der Waals surface area contributed by atoms with E-state index >= 15 is 0 Å². The van der Waals surface area contributed by atoms with E-state index in [1.165, 1.54) is 4.90 Å². The summed E-state index contributed by atoms with van der Waals surface area (Å²) >= 11 is 0. The minimum absolute atomic E-state index is 0.00612. The summed E-state index contributed by atoms with van der Waals surface area (Å²) in [6.07, 6.45) is 2.60. The quantitative estimate of drug-likeness (QED) is 0.868. The van der Waals surface area contributed by atoms with Crippen LogP contribution in [-0.4, -0.2) is 64.5 Å². The van der Waals surface area contributed by atoms with Gasteiger partial charge in [0.05, 0.1) is 5.60 Å². The summed E-state index contributed by atoms with van der Waals surface area (Å²) in [5.41, 5.74) is 1.36. The predicted molar refractivity (Wildman–Crippen MR) is 106 cm³/mol. The highest BCUT2D eigenvalue weighted by Crippen LogP contribution is 2.27. The molecular weight excluding hydrogens is 342 g/mol. The topological polar surface area (TPSA) is 76.6 Å². The number of piperidine rings is 1. The molecule has 2 N–H and O–H groups in total. The summed E-state index contributed by atoms with van der Waals surface area (Å²) < 4.78 is 0. The van der Waals surface area contributed by atoms with Crippen molar-refractivity contribution in [3.8, 4) is 0 Å². The number of aliphatic hydroxyl groups is 1. The van der Waals surface area contributed by atoms with Crippen molar-refractivity contribution < 1.29 is 14.7 Å². The first-order chi connectivity index (χ1) is 12.6. The summed E-state index contributed by atoms with van der Waals surface area (Å²) in [5.74, 6) is 0.393. The second-order valence-corrected chi connectivity index (χ2v) is 8.44. The Morgan fingerprint density at radius 3 is 2.48 bits per heavy atom. The normalized spacial score (nSPS) is 16.0. The number of likely N-dealkylation sites (tertiary alicyclic amines) is 1. The molecule has 0 bridgehead atoms. The minimum Gasteiger partial charge on any atom is -0.390 e. The highest BCUT2D eigenvalue weighted by Gasteiger charge is 2.28. The second-order valence-electron chi connectivity index (χ2n) is 8.44. The van der Waals surface area contributed by atoms with Gasteiger partial charge in [-0.2, -0.15) is 0 Å². The number of fused-ring (bicyclic) bond motifs is 1. The molecule has 1 fully saturated rings. The molecular formula is C21H29N3O3. The average molecular weight is 371 g/mol. The van der Waals surface area contributed by atoms with E-state index in [1.54, 1.807) is 20.2 Å². The first-order valence-electron chi connectivity index (χ1n) is 9.50. The molecule has 2 heterocycles. The monoisotopic (exact) mass is 371 g/mol. The van der Waals surface area contributed by atoms with Crippen LogP contribution in [0.2, 0.25) is 0 Å². The fraction of sp³-hybridized carbons (Fsp3) is 0.524. The van der Waals surface area contributed by atoms with Crippen LogP contribution in [0.4, 0.5) is 0 Å². The Balaban J connectivity index is 1.70. The highest BCUT2D eigenvalue weighted by atomic mass is 16.3. The maximum atomic E-state index is 12.9. The molecule has 2 amide bonds. The zero-order valence-corrected chi connectivity index (χ0v) is 16.6. The number of nitrogens with one attached hydrogen (secondary N) is 1. The van der Waals surface area contributed by atoms with Gasteiger partial charge in [-0.15, -0.1) is 0 Å². The van der Waals surface area contributed by atoms with Gasteiger partial charge >= 0.3 is 0 Å². The van der Waals surface area contributed by atoms with E-state index in [0.717, 1.165) is 30.2 Å². The van der Waals surface area contributed by atoms with E-state index in [1.807, 2.05) is 36.9 Å². The van der Waals surface area contributed by atoms with Gasteiger partial charge in [-0.05, 0) is 63.3 Å². The van der Waals surface area contributed by atoms with Gasteiger partial charge in [0.15, 0.2) is 0 Å². The van der Waals surface area contributed by atoms with Crippen molar-refractivity contribution >= 4 is 22.7 Å². The Morgan fingerprint density at radius 2 is 1.89 bits per heavy atom. The van der Waals surface area contributed by atoms with Gasteiger partial charge in [-0.25, -0.2) is 0 Å². The molecule has 1 aromatic heterocycles. The molecule has 0 unspecified atom stereocenters. The van der Waals surface area contributed by atoms with Gasteiger partial charge < -0.3 is 19.9 Å². The lowest BCUT2D eigenvalue weighted by Crippen LogP contribution is -2.40. The molecule has 0 atom stereocenters. The fourth-order valence-corrected chi connectivity index (χ4v) is 3.86. The average Bonchev–Trinajstić information content (AvgIpc) is 3.02. The number of benzene rings is 1. The molecule has 0 saturated carbocycles. The van der Waals surface area contributed by atoms with Gasteiger partial charge in [-0.3, -0.25) is 9.59 Å². The Morgan fingerprint density at radius 1 is 1.22 bits per heavy atom. The lowest BCUT2D eigenvalue weighted by Gasteiger charge is -2.34. The molecule has 1 aliphatic rings. The molecule has 2 aromatic rings. The predicted octanol–water partition coefficient (Wildman–Crippen LogP) is 2.88. The third-order valence-electron chi connectivity index (χ3n) is 5.19. The Bertz CT molecular complexity index is 840. The van der Waals surface area contributed by atoms with Crippen molar-refractivity contribution in [3.63, 3.8) is 0 Å². The van der Waals surface area contributed by atoms with Crippen LogP contribution in [0.1, 0.15) is 54.0 Å². The van der Waals surface area contributed by atoms with Crippen molar-refractivity contribution in [1.29, 1.82) is 0 Å². The molecule has 3 rings (SSSR count). The summed E-state index contributed by atoms with van der Waals surface area (Å²) in [7, 11) is 3.44. The molecule has 146 valence electrons. The van der Waals surface area contributed by atoms with Gasteiger partial charge in [-0.1, -0.05) is 0 Å². The first-order valence-corrected chi connectivity index (χ1v) is 9.50. The maximum Gasteiger partial charge on any atom is 0.270 e. The van der Waals surface area contributed by atoms with E-state index in [-0.39, 0.29) is 11.8 Å². The molecule has 1 saturated heterocycles. The SMILES string of the molecule is CN(C)C(=O)c1ccc2[nH]c(C(=O)N3CCC(CC(C)(C)O)CC3)cc2c1. The standard InChI is InChI=1S/C21H29N3O3/c1-21(2,27)13-14-7-9-24(10-8-14)20(26)18-12-16-11-15(19(25)23(3)4)5-6-17(16)22-18/h5-6,11-12,14,22,27H,7-10,13H2,1-4H3.